The van der Waals surface area contributed by atoms with Crippen LogP contribution in [0.5, 0.6) is 0 Å². The standard InChI is InChI=1S/C26H24OP.ClH/c1-27-26(22-14-6-2-7-15-22)28(23-16-8-3-9-17-23,24-18-10-4-11-19-24)25-20-12-5-13-21-25;/h2-21,26H,1H3;1H/q+1;. The monoisotopic (exact) mass is 419 g/mol. The fourth-order valence-electron chi connectivity index (χ4n) is 3.98. The van der Waals surface area contributed by atoms with Crippen molar-refractivity contribution >= 4 is 35.6 Å². The number of benzene rings is 4. The molecule has 0 radical (unpaired) electrons. The fraction of sp³-hybridized carbons (Fsp3) is 0.0769. The molecule has 0 aliphatic carbocycles. The average Bonchev–Trinajstić information content (AvgIpc) is 2.80. The third-order valence-electron chi connectivity index (χ3n) is 5.15. The molecule has 0 aromatic heterocycles. The molecule has 146 valence electrons. The average molecular weight is 420 g/mol. The first kappa shape index (κ1) is 21.3. The topological polar surface area (TPSA) is 9.23 Å². The first-order chi connectivity index (χ1) is 13.9. The highest BCUT2D eigenvalue weighted by atomic mass is 35.5. The van der Waals surface area contributed by atoms with E-state index >= 15 is 0 Å². The Hall–Kier alpha value is -2.44. The Morgan fingerprint density at radius 2 is 0.828 bits per heavy atom. The van der Waals surface area contributed by atoms with Gasteiger partial charge in [-0.25, -0.2) is 0 Å². The van der Waals surface area contributed by atoms with E-state index in [0.717, 1.165) is 0 Å². The predicted molar refractivity (Wildman–Crippen MR) is 129 cm³/mol. The number of halogens is 1. The Bertz CT molecular complexity index is 895. The molecule has 0 aliphatic heterocycles. The first-order valence-corrected chi connectivity index (χ1v) is 11.4. The Kier molecular flexibility index (Phi) is 7.23. The van der Waals surface area contributed by atoms with E-state index in [-0.39, 0.29) is 18.3 Å². The van der Waals surface area contributed by atoms with Crippen molar-refractivity contribution in [1.82, 2.24) is 0 Å². The second kappa shape index (κ2) is 9.85. The molecule has 29 heavy (non-hydrogen) atoms. The van der Waals surface area contributed by atoms with Crippen molar-refractivity contribution in [2.24, 2.45) is 0 Å². The van der Waals surface area contributed by atoms with Gasteiger partial charge in [0.05, 0.1) is 0 Å². The number of methoxy groups -OCH3 is 1. The van der Waals surface area contributed by atoms with Gasteiger partial charge in [-0.05, 0) is 36.4 Å². The van der Waals surface area contributed by atoms with Gasteiger partial charge in [0.25, 0.3) is 0 Å². The molecule has 0 saturated heterocycles. The molecule has 1 nitrogen and oxygen atoms in total. The molecule has 0 spiro atoms. The van der Waals surface area contributed by atoms with Crippen LogP contribution in [0, 0.1) is 0 Å². The normalized spacial score (nSPS) is 12.0. The van der Waals surface area contributed by atoms with Gasteiger partial charge < -0.3 is 4.74 Å². The molecule has 0 amide bonds. The molecular formula is C26H25ClOP+. The largest absolute Gasteiger partial charge is 0.342 e. The van der Waals surface area contributed by atoms with Gasteiger partial charge in [-0.2, -0.15) is 0 Å². The van der Waals surface area contributed by atoms with Gasteiger partial charge in [0.2, 0.25) is 5.85 Å². The maximum absolute atomic E-state index is 6.31. The minimum Gasteiger partial charge on any atom is -0.342 e. The number of ether oxygens (including phenoxy) is 1. The van der Waals surface area contributed by atoms with Crippen molar-refractivity contribution < 1.29 is 4.74 Å². The van der Waals surface area contributed by atoms with Gasteiger partial charge in [0.1, 0.15) is 23.2 Å². The Balaban J connectivity index is 0.00000240. The van der Waals surface area contributed by atoms with Crippen molar-refractivity contribution in [3.05, 3.63) is 127 Å². The summed E-state index contributed by atoms with van der Waals surface area (Å²) in [6, 6.07) is 43.2. The second-order valence-electron chi connectivity index (χ2n) is 6.73. The van der Waals surface area contributed by atoms with Crippen LogP contribution in [0.3, 0.4) is 0 Å². The highest BCUT2D eigenvalue weighted by Crippen LogP contribution is 2.66. The van der Waals surface area contributed by atoms with Gasteiger partial charge in [0, 0.05) is 12.7 Å². The van der Waals surface area contributed by atoms with E-state index in [9.17, 15) is 0 Å². The summed E-state index contributed by atoms with van der Waals surface area (Å²) in [7, 11) is -0.273. The van der Waals surface area contributed by atoms with Crippen LogP contribution in [0.1, 0.15) is 11.4 Å². The van der Waals surface area contributed by atoms with E-state index in [0.29, 0.717) is 0 Å². The Labute approximate surface area is 180 Å². The lowest BCUT2D eigenvalue weighted by atomic mass is 10.2. The lowest BCUT2D eigenvalue weighted by molar-refractivity contribution is 0.171. The molecule has 0 heterocycles. The molecule has 4 aromatic rings. The maximum Gasteiger partial charge on any atom is 0.206 e. The van der Waals surface area contributed by atoms with E-state index in [1.54, 1.807) is 0 Å². The van der Waals surface area contributed by atoms with Crippen LogP contribution < -0.4 is 15.9 Å². The van der Waals surface area contributed by atoms with Gasteiger partial charge in [-0.1, -0.05) is 84.9 Å². The highest BCUT2D eigenvalue weighted by molar-refractivity contribution is 7.95. The molecule has 0 saturated carbocycles. The highest BCUT2D eigenvalue weighted by Gasteiger charge is 2.53. The van der Waals surface area contributed by atoms with Crippen LogP contribution >= 0.6 is 19.7 Å². The summed E-state index contributed by atoms with van der Waals surface area (Å²) >= 11 is 0. The van der Waals surface area contributed by atoms with Crippen molar-refractivity contribution in [1.29, 1.82) is 0 Å². The molecular weight excluding hydrogens is 395 g/mol. The molecule has 0 bridgehead atoms. The third-order valence-corrected chi connectivity index (χ3v) is 9.70. The smallest absolute Gasteiger partial charge is 0.206 e. The van der Waals surface area contributed by atoms with E-state index < -0.39 is 7.26 Å². The van der Waals surface area contributed by atoms with Crippen LogP contribution in [0.2, 0.25) is 0 Å². The van der Waals surface area contributed by atoms with Gasteiger partial charge in [0.15, 0.2) is 0 Å². The first-order valence-electron chi connectivity index (χ1n) is 9.50. The second-order valence-corrected chi connectivity index (χ2v) is 10.2. The molecule has 3 heteroatoms. The fourth-order valence-corrected chi connectivity index (χ4v) is 8.55. The van der Waals surface area contributed by atoms with Crippen LogP contribution in [-0.2, 0) is 4.74 Å². The zero-order valence-electron chi connectivity index (χ0n) is 16.4. The third kappa shape index (κ3) is 4.00. The molecule has 4 rings (SSSR count). The Morgan fingerprint density at radius 1 is 0.517 bits per heavy atom. The Morgan fingerprint density at radius 3 is 1.14 bits per heavy atom. The summed E-state index contributed by atoms with van der Waals surface area (Å²) in [5.41, 5.74) is 1.20. The molecule has 0 fully saturated rings. The number of hydrogen-bond acceptors (Lipinski definition) is 1. The van der Waals surface area contributed by atoms with Gasteiger partial charge >= 0.3 is 0 Å². The summed E-state index contributed by atoms with van der Waals surface area (Å²) in [6.45, 7) is 0. The summed E-state index contributed by atoms with van der Waals surface area (Å²) in [4.78, 5) is 0. The number of hydrogen-bond donors (Lipinski definition) is 0. The summed E-state index contributed by atoms with van der Waals surface area (Å²) in [5.74, 6) is -0.0686. The molecule has 1 unspecified atom stereocenters. The van der Waals surface area contributed by atoms with Crippen LogP contribution in [0.4, 0.5) is 0 Å². The zero-order valence-corrected chi connectivity index (χ0v) is 18.1. The van der Waals surface area contributed by atoms with Gasteiger partial charge in [-0.15, -0.1) is 12.4 Å². The summed E-state index contributed by atoms with van der Waals surface area (Å²) in [6.07, 6.45) is 0. The molecule has 0 N–H and O–H groups in total. The van der Waals surface area contributed by atoms with E-state index in [1.165, 1.54) is 21.5 Å². The van der Waals surface area contributed by atoms with Crippen LogP contribution in [0.25, 0.3) is 0 Å². The molecule has 0 aliphatic rings. The minimum absolute atomic E-state index is 0. The predicted octanol–water partition coefficient (Wildman–Crippen LogP) is 5.75. The summed E-state index contributed by atoms with van der Waals surface area (Å²) in [5, 5.41) is 3.97. The minimum atomic E-state index is -2.11. The quantitative estimate of drug-likeness (QED) is 0.362. The van der Waals surface area contributed by atoms with E-state index in [4.69, 9.17) is 4.74 Å². The lowest BCUT2D eigenvalue weighted by Crippen LogP contribution is -2.35. The van der Waals surface area contributed by atoms with Crippen molar-refractivity contribution in [3.8, 4) is 0 Å². The van der Waals surface area contributed by atoms with Crippen LogP contribution in [-0.4, -0.2) is 7.11 Å². The van der Waals surface area contributed by atoms with E-state index in [1.807, 2.05) is 7.11 Å². The lowest BCUT2D eigenvalue weighted by Gasteiger charge is -2.33. The number of rotatable bonds is 6. The molecule has 1 atom stereocenters. The van der Waals surface area contributed by atoms with E-state index in [2.05, 4.69) is 121 Å². The van der Waals surface area contributed by atoms with Crippen molar-refractivity contribution in [2.45, 2.75) is 5.85 Å². The SMILES string of the molecule is COC(c1ccccc1)[P+](c1ccccc1)(c1ccccc1)c1ccccc1.Cl. The molecule has 4 aromatic carbocycles. The summed E-state index contributed by atoms with van der Waals surface area (Å²) < 4.78 is 6.31. The van der Waals surface area contributed by atoms with Crippen molar-refractivity contribution in [2.75, 3.05) is 7.11 Å². The maximum atomic E-state index is 6.31. The van der Waals surface area contributed by atoms with Gasteiger partial charge in [-0.3, -0.25) is 0 Å². The zero-order chi connectivity index (χ0) is 19.2. The van der Waals surface area contributed by atoms with Crippen LogP contribution in [0.15, 0.2) is 121 Å². The van der Waals surface area contributed by atoms with Crippen molar-refractivity contribution in [3.63, 3.8) is 0 Å².